The molecule has 18 heavy (non-hydrogen) atoms. The molecular formula is C12H22N4O2. The summed E-state index contributed by atoms with van der Waals surface area (Å²) in [6.45, 7) is 8.40. The summed E-state index contributed by atoms with van der Waals surface area (Å²) in [6.07, 6.45) is 3.24. The molecule has 0 amide bonds. The molecular weight excluding hydrogens is 232 g/mol. The second kappa shape index (κ2) is 6.37. The van der Waals surface area contributed by atoms with Crippen LogP contribution in [0.25, 0.3) is 0 Å². The quantitative estimate of drug-likeness (QED) is 0.599. The maximum absolute atomic E-state index is 11.1. The van der Waals surface area contributed by atoms with Gasteiger partial charge in [0.1, 0.15) is 5.69 Å². The van der Waals surface area contributed by atoms with E-state index in [1.54, 1.807) is 11.6 Å². The van der Waals surface area contributed by atoms with Crippen LogP contribution in [0.3, 0.4) is 0 Å². The minimum Gasteiger partial charge on any atom is -0.362 e. The van der Waals surface area contributed by atoms with Crippen molar-refractivity contribution in [1.82, 2.24) is 9.78 Å². The van der Waals surface area contributed by atoms with Gasteiger partial charge in [-0.3, -0.25) is 10.1 Å². The molecule has 6 nitrogen and oxygen atoms in total. The molecule has 0 aromatic carbocycles. The first-order valence-electron chi connectivity index (χ1n) is 6.49. The van der Waals surface area contributed by atoms with Gasteiger partial charge in [-0.2, -0.15) is 5.10 Å². The van der Waals surface area contributed by atoms with E-state index in [2.05, 4.69) is 17.3 Å². The van der Waals surface area contributed by atoms with Crippen LogP contribution in [-0.4, -0.2) is 20.7 Å². The Labute approximate surface area is 108 Å². The highest BCUT2D eigenvalue weighted by Gasteiger charge is 2.25. The molecule has 102 valence electrons. The van der Waals surface area contributed by atoms with Crippen molar-refractivity contribution in [3.05, 3.63) is 15.8 Å². The Morgan fingerprint density at radius 2 is 2.17 bits per heavy atom. The van der Waals surface area contributed by atoms with Crippen LogP contribution in [0.1, 0.15) is 45.7 Å². The van der Waals surface area contributed by atoms with Crippen molar-refractivity contribution in [3.63, 3.8) is 0 Å². The van der Waals surface area contributed by atoms with E-state index in [1.807, 2.05) is 13.8 Å². The molecule has 0 fully saturated rings. The normalized spacial score (nSPS) is 12.4. The number of hydrogen-bond acceptors (Lipinski definition) is 4. The molecule has 0 aliphatic rings. The SMILES string of the molecule is CCCCC(C)Nc1c([N+](=O)[O-])c(C)nn1CC. The third kappa shape index (κ3) is 3.21. The number of nitrogens with one attached hydrogen (secondary N) is 1. The van der Waals surface area contributed by atoms with Gasteiger partial charge in [-0.15, -0.1) is 0 Å². The van der Waals surface area contributed by atoms with Crippen molar-refractivity contribution < 1.29 is 4.92 Å². The summed E-state index contributed by atoms with van der Waals surface area (Å²) in [4.78, 5) is 10.7. The molecule has 1 N–H and O–H groups in total. The van der Waals surface area contributed by atoms with Crippen molar-refractivity contribution in [2.45, 2.75) is 59.5 Å². The van der Waals surface area contributed by atoms with E-state index in [-0.39, 0.29) is 16.7 Å². The second-order valence-corrected chi connectivity index (χ2v) is 4.54. The number of anilines is 1. The second-order valence-electron chi connectivity index (χ2n) is 4.54. The fourth-order valence-electron chi connectivity index (χ4n) is 1.98. The lowest BCUT2D eigenvalue weighted by atomic mass is 10.1. The van der Waals surface area contributed by atoms with Crippen LogP contribution >= 0.6 is 0 Å². The zero-order valence-corrected chi connectivity index (χ0v) is 11.6. The maximum atomic E-state index is 11.1. The summed E-state index contributed by atoms with van der Waals surface area (Å²) >= 11 is 0. The Morgan fingerprint density at radius 1 is 1.50 bits per heavy atom. The zero-order valence-electron chi connectivity index (χ0n) is 11.6. The van der Waals surface area contributed by atoms with Gasteiger partial charge < -0.3 is 5.32 Å². The lowest BCUT2D eigenvalue weighted by Gasteiger charge is -2.14. The van der Waals surface area contributed by atoms with Gasteiger partial charge in [-0.05, 0) is 27.2 Å². The lowest BCUT2D eigenvalue weighted by Crippen LogP contribution is -2.18. The van der Waals surface area contributed by atoms with Gasteiger partial charge in [-0.1, -0.05) is 19.8 Å². The molecule has 0 aliphatic carbocycles. The minimum absolute atomic E-state index is 0.0974. The molecule has 1 rings (SSSR count). The van der Waals surface area contributed by atoms with Crippen LogP contribution in [-0.2, 0) is 6.54 Å². The van der Waals surface area contributed by atoms with Crippen molar-refractivity contribution in [2.24, 2.45) is 0 Å². The van der Waals surface area contributed by atoms with Gasteiger partial charge in [-0.25, -0.2) is 4.68 Å². The van der Waals surface area contributed by atoms with E-state index in [1.165, 1.54) is 0 Å². The van der Waals surface area contributed by atoms with E-state index < -0.39 is 0 Å². The summed E-state index contributed by atoms with van der Waals surface area (Å²) in [5.74, 6) is 0.531. The highest BCUT2D eigenvalue weighted by Crippen LogP contribution is 2.29. The van der Waals surface area contributed by atoms with Crippen molar-refractivity contribution in [3.8, 4) is 0 Å². The minimum atomic E-state index is -0.358. The average molecular weight is 254 g/mol. The first kappa shape index (κ1) is 14.5. The molecule has 1 aromatic rings. The molecule has 1 atom stereocenters. The molecule has 1 heterocycles. The monoisotopic (exact) mass is 254 g/mol. The van der Waals surface area contributed by atoms with Gasteiger partial charge in [0.2, 0.25) is 5.82 Å². The topological polar surface area (TPSA) is 73.0 Å². The predicted octanol–water partition coefficient (Wildman–Crippen LogP) is 3.11. The number of aromatic nitrogens is 2. The van der Waals surface area contributed by atoms with Crippen molar-refractivity contribution in [1.29, 1.82) is 0 Å². The summed E-state index contributed by atoms with van der Waals surface area (Å²) in [7, 11) is 0. The van der Waals surface area contributed by atoms with E-state index in [0.717, 1.165) is 19.3 Å². The molecule has 1 aromatic heterocycles. The van der Waals surface area contributed by atoms with E-state index >= 15 is 0 Å². The van der Waals surface area contributed by atoms with Crippen LogP contribution < -0.4 is 5.32 Å². The number of unbranched alkanes of at least 4 members (excludes halogenated alkanes) is 1. The van der Waals surface area contributed by atoms with Gasteiger partial charge in [0.25, 0.3) is 0 Å². The van der Waals surface area contributed by atoms with Crippen molar-refractivity contribution in [2.75, 3.05) is 5.32 Å². The number of rotatable bonds is 7. The van der Waals surface area contributed by atoms with Gasteiger partial charge in [0.15, 0.2) is 0 Å². The smallest absolute Gasteiger partial charge is 0.333 e. The Bertz CT molecular complexity index is 414. The van der Waals surface area contributed by atoms with Gasteiger partial charge in [0, 0.05) is 12.6 Å². The third-order valence-electron chi connectivity index (χ3n) is 2.95. The maximum Gasteiger partial charge on any atom is 0.333 e. The van der Waals surface area contributed by atoms with Crippen molar-refractivity contribution >= 4 is 11.5 Å². The molecule has 1 unspecified atom stereocenters. The Morgan fingerprint density at radius 3 is 2.67 bits per heavy atom. The Balaban J connectivity index is 2.94. The van der Waals surface area contributed by atoms with Gasteiger partial charge >= 0.3 is 5.69 Å². The molecule has 0 saturated heterocycles. The number of aryl methyl sites for hydroxylation is 2. The number of nitro groups is 1. The fourth-order valence-corrected chi connectivity index (χ4v) is 1.98. The number of nitrogens with zero attached hydrogens (tertiary/aromatic N) is 3. The van der Waals surface area contributed by atoms with Crippen LogP contribution in [0.4, 0.5) is 11.5 Å². The summed E-state index contributed by atoms with van der Waals surface area (Å²) in [5, 5.41) is 18.5. The largest absolute Gasteiger partial charge is 0.362 e. The lowest BCUT2D eigenvalue weighted by molar-refractivity contribution is -0.384. The fraction of sp³-hybridized carbons (Fsp3) is 0.750. The first-order chi connectivity index (χ1) is 8.51. The molecule has 0 radical (unpaired) electrons. The molecule has 0 bridgehead atoms. The Hall–Kier alpha value is -1.59. The highest BCUT2D eigenvalue weighted by molar-refractivity contribution is 5.59. The van der Waals surface area contributed by atoms with Crippen LogP contribution in [0.2, 0.25) is 0 Å². The van der Waals surface area contributed by atoms with Crippen LogP contribution in [0, 0.1) is 17.0 Å². The summed E-state index contributed by atoms with van der Waals surface area (Å²) in [6, 6.07) is 0.213. The molecule has 0 saturated carbocycles. The molecule has 6 heteroatoms. The summed E-state index contributed by atoms with van der Waals surface area (Å²) in [5.41, 5.74) is 0.562. The predicted molar refractivity (Wildman–Crippen MR) is 71.9 cm³/mol. The highest BCUT2D eigenvalue weighted by atomic mass is 16.6. The van der Waals surface area contributed by atoms with Crippen LogP contribution in [0.15, 0.2) is 0 Å². The standard InChI is InChI=1S/C12H22N4O2/c1-5-7-8-9(3)13-12-11(16(17)18)10(4)14-15(12)6-2/h9,13H,5-8H2,1-4H3. The average Bonchev–Trinajstić information content (AvgIpc) is 2.62. The van der Waals surface area contributed by atoms with E-state index in [9.17, 15) is 10.1 Å². The Kier molecular flexibility index (Phi) is 5.12. The van der Waals surface area contributed by atoms with Crippen LogP contribution in [0.5, 0.6) is 0 Å². The zero-order chi connectivity index (χ0) is 13.7. The van der Waals surface area contributed by atoms with E-state index in [4.69, 9.17) is 0 Å². The molecule has 0 aliphatic heterocycles. The molecule has 0 spiro atoms. The van der Waals surface area contributed by atoms with Gasteiger partial charge in [0.05, 0.1) is 4.92 Å². The summed E-state index contributed by atoms with van der Waals surface area (Å²) < 4.78 is 1.66. The third-order valence-corrected chi connectivity index (χ3v) is 2.95. The first-order valence-corrected chi connectivity index (χ1v) is 6.49. The van der Waals surface area contributed by atoms with E-state index in [0.29, 0.717) is 18.1 Å². The number of hydrogen-bond donors (Lipinski definition) is 1.